The van der Waals surface area contributed by atoms with Crippen LogP contribution in [-0.4, -0.2) is 9.97 Å². The Balaban J connectivity index is 1.43. The Morgan fingerprint density at radius 1 is 0.429 bits per heavy atom. The molecule has 0 saturated heterocycles. The SMILES string of the molecule is c1ccc(-c2cc(-c3ccc4c(c3)oc3ccccc34)nc(-c3ccc4ccccc4c3)n2)cc1. The molecule has 0 radical (unpaired) electrons. The first-order chi connectivity index (χ1) is 17.3. The van der Waals surface area contributed by atoms with Crippen LogP contribution < -0.4 is 0 Å². The number of hydrogen-bond donors (Lipinski definition) is 0. The minimum Gasteiger partial charge on any atom is -0.456 e. The van der Waals surface area contributed by atoms with Crippen LogP contribution in [0.4, 0.5) is 0 Å². The average Bonchev–Trinajstić information content (AvgIpc) is 3.31. The predicted molar refractivity (Wildman–Crippen MR) is 143 cm³/mol. The summed E-state index contributed by atoms with van der Waals surface area (Å²) >= 11 is 0. The number of hydrogen-bond acceptors (Lipinski definition) is 3. The van der Waals surface area contributed by atoms with E-state index in [1.54, 1.807) is 0 Å². The maximum atomic E-state index is 6.15. The number of aromatic nitrogens is 2. The zero-order chi connectivity index (χ0) is 23.2. The molecule has 0 spiro atoms. The van der Waals surface area contributed by atoms with Crippen LogP contribution in [0.5, 0.6) is 0 Å². The van der Waals surface area contributed by atoms with E-state index in [1.165, 1.54) is 10.8 Å². The summed E-state index contributed by atoms with van der Waals surface area (Å²) in [7, 11) is 0. The van der Waals surface area contributed by atoms with Crippen molar-refractivity contribution < 1.29 is 4.42 Å². The molecule has 0 aliphatic carbocycles. The maximum absolute atomic E-state index is 6.15. The van der Waals surface area contributed by atoms with E-state index in [0.29, 0.717) is 5.82 Å². The van der Waals surface area contributed by atoms with Crippen molar-refractivity contribution in [1.82, 2.24) is 9.97 Å². The minimum absolute atomic E-state index is 0.705. The van der Waals surface area contributed by atoms with Gasteiger partial charge >= 0.3 is 0 Å². The molecule has 7 rings (SSSR count). The lowest BCUT2D eigenvalue weighted by Crippen LogP contribution is -1.96. The molecule has 0 bridgehead atoms. The predicted octanol–water partition coefficient (Wildman–Crippen LogP) is 8.53. The monoisotopic (exact) mass is 448 g/mol. The zero-order valence-electron chi connectivity index (χ0n) is 18.8. The highest BCUT2D eigenvalue weighted by atomic mass is 16.3. The quantitative estimate of drug-likeness (QED) is 0.272. The summed E-state index contributed by atoms with van der Waals surface area (Å²) in [6, 6.07) is 41.5. The lowest BCUT2D eigenvalue weighted by molar-refractivity contribution is 0.669. The number of rotatable bonds is 3. The first-order valence-corrected chi connectivity index (χ1v) is 11.7. The van der Waals surface area contributed by atoms with Crippen LogP contribution >= 0.6 is 0 Å². The Hall–Kier alpha value is -4.76. The Morgan fingerprint density at radius 2 is 1.11 bits per heavy atom. The summed E-state index contributed by atoms with van der Waals surface area (Å²) in [6.45, 7) is 0. The van der Waals surface area contributed by atoms with Crippen molar-refractivity contribution in [3.8, 4) is 33.9 Å². The third kappa shape index (κ3) is 3.46. The Kier molecular flexibility index (Phi) is 4.46. The normalized spacial score (nSPS) is 11.4. The van der Waals surface area contributed by atoms with E-state index in [0.717, 1.165) is 50.0 Å². The van der Waals surface area contributed by atoms with Crippen LogP contribution in [0.25, 0.3) is 66.6 Å². The second-order valence-corrected chi connectivity index (χ2v) is 8.70. The summed E-state index contributed by atoms with van der Waals surface area (Å²) < 4.78 is 6.15. The number of fused-ring (bicyclic) bond motifs is 4. The first-order valence-electron chi connectivity index (χ1n) is 11.7. The highest BCUT2D eigenvalue weighted by molar-refractivity contribution is 6.05. The van der Waals surface area contributed by atoms with Gasteiger partial charge < -0.3 is 4.42 Å². The van der Waals surface area contributed by atoms with Crippen LogP contribution in [0.2, 0.25) is 0 Å². The van der Waals surface area contributed by atoms with Crippen LogP contribution in [-0.2, 0) is 0 Å². The van der Waals surface area contributed by atoms with E-state index in [9.17, 15) is 0 Å². The molecule has 0 unspecified atom stereocenters. The first kappa shape index (κ1) is 19.7. The van der Waals surface area contributed by atoms with Gasteiger partial charge in [0.2, 0.25) is 0 Å². The molecule has 164 valence electrons. The average molecular weight is 449 g/mol. The van der Waals surface area contributed by atoms with Crippen molar-refractivity contribution >= 4 is 32.7 Å². The van der Waals surface area contributed by atoms with Gasteiger partial charge in [-0.3, -0.25) is 0 Å². The lowest BCUT2D eigenvalue weighted by Gasteiger charge is -2.10. The maximum Gasteiger partial charge on any atom is 0.160 e. The molecule has 0 fully saturated rings. The van der Waals surface area contributed by atoms with Gasteiger partial charge in [-0.1, -0.05) is 91.0 Å². The molecule has 0 atom stereocenters. The van der Waals surface area contributed by atoms with Gasteiger partial charge in [-0.25, -0.2) is 9.97 Å². The van der Waals surface area contributed by atoms with Gasteiger partial charge in [0, 0.05) is 27.5 Å². The smallest absolute Gasteiger partial charge is 0.160 e. The zero-order valence-corrected chi connectivity index (χ0v) is 18.8. The summed E-state index contributed by atoms with van der Waals surface area (Å²) in [5, 5.41) is 4.60. The van der Waals surface area contributed by atoms with Gasteiger partial charge in [0.25, 0.3) is 0 Å². The summed E-state index contributed by atoms with van der Waals surface area (Å²) in [5.41, 5.74) is 6.56. The third-order valence-electron chi connectivity index (χ3n) is 6.48. The van der Waals surface area contributed by atoms with E-state index >= 15 is 0 Å². The fraction of sp³-hybridized carbons (Fsp3) is 0. The van der Waals surface area contributed by atoms with E-state index in [1.807, 2.05) is 36.4 Å². The minimum atomic E-state index is 0.705. The van der Waals surface area contributed by atoms with Crippen molar-refractivity contribution in [2.45, 2.75) is 0 Å². The molecule has 0 aliphatic rings. The van der Waals surface area contributed by atoms with E-state index in [4.69, 9.17) is 14.4 Å². The van der Waals surface area contributed by atoms with Crippen molar-refractivity contribution in [3.05, 3.63) is 121 Å². The standard InChI is InChI=1S/C32H20N2O/c1-2-9-22(10-3-1)28-20-29(24-16-17-27-26-12-6-7-13-30(26)35-31(27)19-24)34-32(33-28)25-15-14-21-8-4-5-11-23(21)18-25/h1-20H. The van der Waals surface area contributed by atoms with Gasteiger partial charge in [0.1, 0.15) is 11.2 Å². The fourth-order valence-corrected chi connectivity index (χ4v) is 4.69. The molecule has 3 nitrogen and oxygen atoms in total. The second-order valence-electron chi connectivity index (χ2n) is 8.70. The third-order valence-corrected chi connectivity index (χ3v) is 6.48. The molecule has 7 aromatic rings. The van der Waals surface area contributed by atoms with E-state index < -0.39 is 0 Å². The number of nitrogens with zero attached hydrogens (tertiary/aromatic N) is 2. The lowest BCUT2D eigenvalue weighted by atomic mass is 10.0. The highest BCUT2D eigenvalue weighted by Crippen LogP contribution is 2.33. The van der Waals surface area contributed by atoms with Gasteiger partial charge in [0.05, 0.1) is 11.4 Å². The molecule has 2 aromatic heterocycles. The van der Waals surface area contributed by atoms with Crippen LogP contribution in [0.3, 0.4) is 0 Å². The van der Waals surface area contributed by atoms with E-state index in [-0.39, 0.29) is 0 Å². The molecule has 0 saturated carbocycles. The highest BCUT2D eigenvalue weighted by Gasteiger charge is 2.13. The van der Waals surface area contributed by atoms with Crippen LogP contribution in [0.15, 0.2) is 126 Å². The van der Waals surface area contributed by atoms with Gasteiger partial charge in [-0.05, 0) is 41.1 Å². The van der Waals surface area contributed by atoms with Crippen molar-refractivity contribution in [2.24, 2.45) is 0 Å². The molecule has 5 aromatic carbocycles. The van der Waals surface area contributed by atoms with Gasteiger partial charge in [0.15, 0.2) is 5.82 Å². The van der Waals surface area contributed by atoms with Crippen LogP contribution in [0, 0.1) is 0 Å². The summed E-state index contributed by atoms with van der Waals surface area (Å²) in [6.07, 6.45) is 0. The Labute approximate surface area is 202 Å². The van der Waals surface area contributed by atoms with E-state index in [2.05, 4.69) is 84.9 Å². The van der Waals surface area contributed by atoms with Crippen molar-refractivity contribution in [1.29, 1.82) is 0 Å². The number of furan rings is 1. The van der Waals surface area contributed by atoms with Crippen molar-refractivity contribution in [3.63, 3.8) is 0 Å². The molecular weight excluding hydrogens is 428 g/mol. The molecule has 2 heterocycles. The second kappa shape index (κ2) is 7.93. The summed E-state index contributed by atoms with van der Waals surface area (Å²) in [5.74, 6) is 0.705. The Morgan fingerprint density at radius 3 is 2.00 bits per heavy atom. The van der Waals surface area contributed by atoms with Gasteiger partial charge in [-0.2, -0.15) is 0 Å². The fourth-order valence-electron chi connectivity index (χ4n) is 4.69. The van der Waals surface area contributed by atoms with Gasteiger partial charge in [-0.15, -0.1) is 0 Å². The number of para-hydroxylation sites is 1. The topological polar surface area (TPSA) is 38.9 Å². The molecule has 3 heteroatoms. The molecule has 0 N–H and O–H groups in total. The molecule has 0 aliphatic heterocycles. The molecule has 35 heavy (non-hydrogen) atoms. The Bertz CT molecular complexity index is 1850. The molecular formula is C32H20N2O. The van der Waals surface area contributed by atoms with Crippen molar-refractivity contribution in [2.75, 3.05) is 0 Å². The summed E-state index contributed by atoms with van der Waals surface area (Å²) in [4.78, 5) is 9.98. The largest absolute Gasteiger partial charge is 0.456 e. The molecule has 0 amide bonds. The number of benzene rings is 5. The van der Waals surface area contributed by atoms with Crippen LogP contribution in [0.1, 0.15) is 0 Å².